The molecule has 0 bridgehead atoms. The summed E-state index contributed by atoms with van der Waals surface area (Å²) in [4.78, 5) is 24.2. The topological polar surface area (TPSA) is 162 Å². The van der Waals surface area contributed by atoms with E-state index in [4.69, 9.17) is 0 Å². The number of hydrogen-bond donors (Lipinski definition) is 3. The van der Waals surface area contributed by atoms with Crippen molar-refractivity contribution in [3.05, 3.63) is 57.9 Å². The van der Waals surface area contributed by atoms with Gasteiger partial charge in [0.1, 0.15) is 11.9 Å². The van der Waals surface area contributed by atoms with Gasteiger partial charge in [0.15, 0.2) is 0 Å². The molecule has 0 aliphatic carbocycles. The Balaban J connectivity index is 2.54. The summed E-state index contributed by atoms with van der Waals surface area (Å²) in [6.07, 6.45) is -0.489. The van der Waals surface area contributed by atoms with Gasteiger partial charge in [-0.1, -0.05) is 27.7 Å². The van der Waals surface area contributed by atoms with Crippen LogP contribution in [0.15, 0.2) is 34.1 Å². The molecule has 200 valence electrons. The smallest absolute Gasteiger partial charge is 0.264 e. The molecule has 0 aliphatic heterocycles. The van der Waals surface area contributed by atoms with E-state index in [0.717, 1.165) is 25.2 Å². The van der Waals surface area contributed by atoms with E-state index in [1.807, 2.05) is 10.8 Å². The Morgan fingerprint density at radius 2 is 1.62 bits per heavy atom. The van der Waals surface area contributed by atoms with Crippen LogP contribution in [0.2, 0.25) is 0 Å². The van der Waals surface area contributed by atoms with Crippen molar-refractivity contribution in [3.63, 3.8) is 0 Å². The third kappa shape index (κ3) is 6.33. The molecule has 0 unspecified atom stereocenters. The van der Waals surface area contributed by atoms with Gasteiger partial charge in [-0.25, -0.2) is 30.7 Å². The van der Waals surface area contributed by atoms with Gasteiger partial charge in [-0.15, -0.1) is 0 Å². The first-order valence-corrected chi connectivity index (χ1v) is 14.2. The van der Waals surface area contributed by atoms with Crippen LogP contribution in [-0.4, -0.2) is 42.7 Å². The molecule has 2 aromatic carbocycles. The van der Waals surface area contributed by atoms with Crippen molar-refractivity contribution in [1.82, 2.24) is 14.8 Å². The lowest BCUT2D eigenvalue weighted by molar-refractivity contribution is -0.118. The number of carbonyl (C=O) groups excluding carboxylic acids is 2. The lowest BCUT2D eigenvalue weighted by Gasteiger charge is -2.21. The van der Waals surface area contributed by atoms with Gasteiger partial charge >= 0.3 is 0 Å². The van der Waals surface area contributed by atoms with E-state index in [2.05, 4.69) is 10.0 Å². The number of benzene rings is 2. The molecule has 2 aromatic rings. The first-order chi connectivity index (χ1) is 17.1. The summed E-state index contributed by atoms with van der Waals surface area (Å²) in [5, 5.41) is 11.6. The maximum atomic E-state index is 15.0. The number of rotatable bonds is 9. The standard InChI is InChI=1S/C24H29FN4O6S2/c1-13(2)17-9-15(12-26)23(25)22(14(3)4)18(17)11-21(30)29-36(32,33)16-7-8-20(37(34,35)28-6)19(10-16)24(31)27-5/h7-10,13-14,28H,11H2,1-6H3,(H,27,31)(H,29,30). The van der Waals surface area contributed by atoms with Crippen LogP contribution in [-0.2, 0) is 31.3 Å². The highest BCUT2D eigenvalue weighted by Gasteiger charge is 2.28. The van der Waals surface area contributed by atoms with Crippen molar-refractivity contribution in [2.45, 2.75) is 55.7 Å². The highest BCUT2D eigenvalue weighted by Crippen LogP contribution is 2.33. The van der Waals surface area contributed by atoms with E-state index in [1.54, 1.807) is 27.7 Å². The second-order valence-electron chi connectivity index (χ2n) is 8.79. The first-order valence-electron chi connectivity index (χ1n) is 11.2. The highest BCUT2D eigenvalue weighted by molar-refractivity contribution is 7.90. The fourth-order valence-corrected chi connectivity index (χ4v) is 5.79. The molecule has 0 heterocycles. The third-order valence-corrected chi connectivity index (χ3v) is 8.49. The largest absolute Gasteiger partial charge is 0.355 e. The fourth-order valence-electron chi connectivity index (χ4n) is 3.87. The molecule has 0 radical (unpaired) electrons. The maximum absolute atomic E-state index is 15.0. The average Bonchev–Trinajstić information content (AvgIpc) is 2.82. The van der Waals surface area contributed by atoms with Crippen molar-refractivity contribution in [1.29, 1.82) is 5.26 Å². The Bertz CT molecular complexity index is 1490. The molecule has 0 fully saturated rings. The third-order valence-electron chi connectivity index (χ3n) is 5.64. The average molecular weight is 553 g/mol. The van der Waals surface area contributed by atoms with Gasteiger partial charge in [-0.2, -0.15) is 5.26 Å². The minimum atomic E-state index is -4.54. The molecule has 0 atom stereocenters. The molecular weight excluding hydrogens is 523 g/mol. The van der Waals surface area contributed by atoms with E-state index >= 15 is 4.39 Å². The zero-order valence-electron chi connectivity index (χ0n) is 21.3. The van der Waals surface area contributed by atoms with Crippen LogP contribution in [0, 0.1) is 17.1 Å². The number of amides is 2. The quantitative estimate of drug-likeness (QED) is 0.430. The van der Waals surface area contributed by atoms with E-state index in [-0.39, 0.29) is 22.6 Å². The monoisotopic (exact) mass is 552 g/mol. The van der Waals surface area contributed by atoms with Crippen molar-refractivity contribution in [2.75, 3.05) is 14.1 Å². The van der Waals surface area contributed by atoms with Gasteiger partial charge in [0, 0.05) is 7.05 Å². The predicted molar refractivity (Wildman–Crippen MR) is 134 cm³/mol. The van der Waals surface area contributed by atoms with Crippen LogP contribution in [0.5, 0.6) is 0 Å². The number of nitrogens with one attached hydrogen (secondary N) is 3. The first kappa shape index (κ1) is 29.9. The summed E-state index contributed by atoms with van der Waals surface area (Å²) in [6.45, 7) is 7.00. The summed E-state index contributed by atoms with van der Waals surface area (Å²) in [5.41, 5.74) is 0.375. The van der Waals surface area contributed by atoms with Crippen LogP contribution < -0.4 is 14.8 Å². The number of halogens is 1. The SMILES string of the molecule is CNC(=O)c1cc(S(=O)(=O)NC(=O)Cc2c(C(C)C)cc(C#N)c(F)c2C(C)C)ccc1S(=O)(=O)NC. The molecule has 2 rings (SSSR count). The van der Waals surface area contributed by atoms with Crippen molar-refractivity contribution in [3.8, 4) is 6.07 Å². The Morgan fingerprint density at radius 3 is 2.11 bits per heavy atom. The molecule has 2 amide bonds. The summed E-state index contributed by atoms with van der Waals surface area (Å²) < 4.78 is 69.5. The molecule has 37 heavy (non-hydrogen) atoms. The van der Waals surface area contributed by atoms with Crippen molar-refractivity contribution < 1.29 is 30.8 Å². The predicted octanol–water partition coefficient (Wildman–Crippen LogP) is 2.26. The second kappa shape index (κ2) is 11.4. The normalized spacial score (nSPS) is 11.9. The fraction of sp³-hybridized carbons (Fsp3) is 0.375. The van der Waals surface area contributed by atoms with E-state index in [1.165, 1.54) is 13.1 Å². The minimum absolute atomic E-state index is 0.152. The lowest BCUT2D eigenvalue weighted by atomic mass is 9.85. The Labute approximate surface area is 216 Å². The summed E-state index contributed by atoms with van der Waals surface area (Å²) >= 11 is 0. The van der Waals surface area contributed by atoms with Gasteiger partial charge in [-0.3, -0.25) is 9.59 Å². The summed E-state index contributed by atoms with van der Waals surface area (Å²) in [6, 6.07) is 5.91. The minimum Gasteiger partial charge on any atom is -0.355 e. The molecule has 0 aliphatic rings. The Kier molecular flexibility index (Phi) is 9.18. The van der Waals surface area contributed by atoms with Gasteiger partial charge < -0.3 is 5.32 Å². The Morgan fingerprint density at radius 1 is 1.00 bits per heavy atom. The van der Waals surface area contributed by atoms with Crippen molar-refractivity contribution in [2.24, 2.45) is 0 Å². The summed E-state index contributed by atoms with van der Waals surface area (Å²) in [5.74, 6) is -3.18. The van der Waals surface area contributed by atoms with Crippen LogP contribution in [0.25, 0.3) is 0 Å². The number of carbonyl (C=O) groups is 2. The zero-order valence-corrected chi connectivity index (χ0v) is 22.9. The molecule has 13 heteroatoms. The highest BCUT2D eigenvalue weighted by atomic mass is 32.2. The Hall–Kier alpha value is -3.34. The van der Waals surface area contributed by atoms with Crippen LogP contribution in [0.3, 0.4) is 0 Å². The van der Waals surface area contributed by atoms with Gasteiger partial charge in [-0.05, 0) is 59.8 Å². The zero-order chi connectivity index (χ0) is 28.3. The lowest BCUT2D eigenvalue weighted by Crippen LogP contribution is -2.33. The molecule has 10 nitrogen and oxygen atoms in total. The summed E-state index contributed by atoms with van der Waals surface area (Å²) in [7, 11) is -6.26. The number of sulfonamides is 2. The van der Waals surface area contributed by atoms with E-state index in [9.17, 15) is 31.7 Å². The van der Waals surface area contributed by atoms with Gasteiger partial charge in [0.05, 0.1) is 27.3 Å². The molecular formula is C24H29FN4O6S2. The number of nitriles is 1. The molecule has 0 spiro atoms. The molecule has 0 saturated heterocycles. The van der Waals surface area contributed by atoms with Gasteiger partial charge in [0.25, 0.3) is 15.9 Å². The van der Waals surface area contributed by atoms with Crippen LogP contribution in [0.4, 0.5) is 4.39 Å². The van der Waals surface area contributed by atoms with E-state index < -0.39 is 65.4 Å². The molecule has 0 aromatic heterocycles. The van der Waals surface area contributed by atoms with Crippen molar-refractivity contribution >= 4 is 31.9 Å². The second-order valence-corrected chi connectivity index (χ2v) is 12.3. The molecule has 3 N–H and O–H groups in total. The van der Waals surface area contributed by atoms with Crippen LogP contribution >= 0.6 is 0 Å². The molecule has 0 saturated carbocycles. The van der Waals surface area contributed by atoms with Crippen LogP contribution in [0.1, 0.15) is 72.1 Å². The van der Waals surface area contributed by atoms with E-state index in [0.29, 0.717) is 5.56 Å². The van der Waals surface area contributed by atoms with Gasteiger partial charge in [0.2, 0.25) is 15.9 Å². The maximum Gasteiger partial charge on any atom is 0.264 e. The number of hydrogen-bond acceptors (Lipinski definition) is 7. The number of nitrogens with zero attached hydrogens (tertiary/aromatic N) is 1.